The van der Waals surface area contributed by atoms with Crippen LogP contribution in [0.15, 0.2) is 18.7 Å². The second kappa shape index (κ2) is 6.64. The summed E-state index contributed by atoms with van der Waals surface area (Å²) in [6.45, 7) is 4.46. The lowest BCUT2D eigenvalue weighted by Gasteiger charge is -2.13. The van der Waals surface area contributed by atoms with Gasteiger partial charge in [-0.15, -0.1) is 0 Å². The van der Waals surface area contributed by atoms with E-state index < -0.39 is 0 Å². The Morgan fingerprint density at radius 2 is 2.14 bits per heavy atom. The fourth-order valence-electron chi connectivity index (χ4n) is 1.73. The molecule has 0 spiro atoms. The number of nitrogens with one attached hydrogen (secondary N) is 2. The smallest absolute Gasteiger partial charge is 0.241 e. The number of imidazole rings is 1. The molecule has 112 valence electrons. The van der Waals surface area contributed by atoms with Crippen LogP contribution in [0, 0.1) is 0 Å². The average Bonchev–Trinajstić information content (AvgIpc) is 2.91. The van der Waals surface area contributed by atoms with Gasteiger partial charge in [0.05, 0.1) is 0 Å². The van der Waals surface area contributed by atoms with Crippen LogP contribution in [0.4, 0.5) is 11.9 Å². The van der Waals surface area contributed by atoms with Crippen molar-refractivity contribution in [2.24, 2.45) is 5.73 Å². The largest absolute Gasteiger partial charge is 0.370 e. The lowest BCUT2D eigenvalue weighted by molar-refractivity contribution is -0.118. The predicted octanol–water partition coefficient (Wildman–Crippen LogP) is 0.165. The van der Waals surface area contributed by atoms with Gasteiger partial charge < -0.3 is 16.4 Å². The summed E-state index contributed by atoms with van der Waals surface area (Å²) in [4.78, 5) is 27.7. The zero-order valence-electron chi connectivity index (χ0n) is 11.9. The Kier molecular flexibility index (Phi) is 4.64. The molecule has 1 amide bonds. The van der Waals surface area contributed by atoms with Gasteiger partial charge in [-0.05, 0) is 13.8 Å². The minimum Gasteiger partial charge on any atom is -0.370 e. The fourth-order valence-corrected chi connectivity index (χ4v) is 1.73. The van der Waals surface area contributed by atoms with Gasteiger partial charge >= 0.3 is 0 Å². The predicted molar refractivity (Wildman–Crippen MR) is 78.0 cm³/mol. The van der Waals surface area contributed by atoms with Crippen LogP contribution in [0.2, 0.25) is 0 Å². The Balaban J connectivity index is 2.25. The number of hydrogen-bond acceptors (Lipinski definition) is 7. The third-order valence-electron chi connectivity index (χ3n) is 2.58. The summed E-state index contributed by atoms with van der Waals surface area (Å²) in [5.41, 5.74) is 5.17. The number of aromatic nitrogens is 5. The van der Waals surface area contributed by atoms with E-state index in [-0.39, 0.29) is 18.4 Å². The zero-order chi connectivity index (χ0) is 15.2. The van der Waals surface area contributed by atoms with Crippen LogP contribution in [0.5, 0.6) is 0 Å². The van der Waals surface area contributed by atoms with Gasteiger partial charge in [0.25, 0.3) is 0 Å². The first-order valence-corrected chi connectivity index (χ1v) is 6.61. The lowest BCUT2D eigenvalue weighted by atomic mass is 10.2. The van der Waals surface area contributed by atoms with Crippen LogP contribution in [0.1, 0.15) is 20.3 Å². The molecule has 1 atom stereocenters. The van der Waals surface area contributed by atoms with E-state index in [1.165, 1.54) is 0 Å². The van der Waals surface area contributed by atoms with E-state index in [1.54, 1.807) is 23.3 Å². The van der Waals surface area contributed by atoms with Crippen molar-refractivity contribution in [2.75, 3.05) is 17.2 Å². The summed E-state index contributed by atoms with van der Waals surface area (Å²) in [5, 5.41) is 6.07. The summed E-state index contributed by atoms with van der Waals surface area (Å²) in [5.74, 6) is 0.876. The molecule has 0 bridgehead atoms. The van der Waals surface area contributed by atoms with E-state index in [9.17, 15) is 4.79 Å². The maximum Gasteiger partial charge on any atom is 0.241 e. The van der Waals surface area contributed by atoms with Gasteiger partial charge in [0.1, 0.15) is 6.33 Å². The number of primary amides is 1. The molecular formula is C12H18N8O. The molecule has 0 aromatic carbocycles. The Hall–Kier alpha value is -2.71. The van der Waals surface area contributed by atoms with Crippen molar-refractivity contribution in [3.63, 3.8) is 0 Å². The minimum absolute atomic E-state index is 0.171. The van der Waals surface area contributed by atoms with Crippen molar-refractivity contribution >= 4 is 17.8 Å². The van der Waals surface area contributed by atoms with Gasteiger partial charge in [0.15, 0.2) is 0 Å². The number of carbonyl (C=O) groups excluding carboxylic acids is 1. The van der Waals surface area contributed by atoms with E-state index in [1.807, 2.05) is 13.8 Å². The van der Waals surface area contributed by atoms with E-state index in [2.05, 4.69) is 30.6 Å². The highest BCUT2D eigenvalue weighted by molar-refractivity contribution is 5.74. The molecule has 1 unspecified atom stereocenters. The number of amides is 1. The van der Waals surface area contributed by atoms with Gasteiger partial charge in [-0.1, -0.05) is 0 Å². The summed E-state index contributed by atoms with van der Waals surface area (Å²) >= 11 is 0. The molecule has 0 aliphatic carbocycles. The van der Waals surface area contributed by atoms with Crippen molar-refractivity contribution < 1.29 is 4.79 Å². The second-order valence-corrected chi connectivity index (χ2v) is 4.50. The van der Waals surface area contributed by atoms with Gasteiger partial charge in [-0.3, -0.25) is 9.36 Å². The van der Waals surface area contributed by atoms with Crippen LogP contribution in [-0.4, -0.2) is 43.0 Å². The van der Waals surface area contributed by atoms with Gasteiger partial charge in [0.2, 0.25) is 23.8 Å². The summed E-state index contributed by atoms with van der Waals surface area (Å²) in [7, 11) is 0. The zero-order valence-corrected chi connectivity index (χ0v) is 11.9. The molecule has 21 heavy (non-hydrogen) atoms. The summed E-state index contributed by atoms with van der Waals surface area (Å²) < 4.78 is 1.67. The third kappa shape index (κ3) is 4.13. The first-order valence-electron chi connectivity index (χ1n) is 6.61. The Morgan fingerprint density at radius 3 is 2.76 bits per heavy atom. The van der Waals surface area contributed by atoms with Crippen molar-refractivity contribution in [1.29, 1.82) is 0 Å². The fraction of sp³-hybridized carbons (Fsp3) is 0.417. The van der Waals surface area contributed by atoms with Crippen LogP contribution in [0.3, 0.4) is 0 Å². The molecule has 2 aromatic heterocycles. The number of hydrogen-bond donors (Lipinski definition) is 3. The Bertz CT molecular complexity index is 597. The van der Waals surface area contributed by atoms with Crippen LogP contribution in [-0.2, 0) is 4.79 Å². The van der Waals surface area contributed by atoms with Crippen LogP contribution >= 0.6 is 0 Å². The van der Waals surface area contributed by atoms with Crippen molar-refractivity contribution in [3.05, 3.63) is 18.7 Å². The van der Waals surface area contributed by atoms with Crippen LogP contribution in [0.25, 0.3) is 5.95 Å². The van der Waals surface area contributed by atoms with E-state index >= 15 is 0 Å². The van der Waals surface area contributed by atoms with Gasteiger partial charge in [-0.2, -0.15) is 15.0 Å². The topological polar surface area (TPSA) is 124 Å². The minimum atomic E-state index is -0.384. The second-order valence-electron chi connectivity index (χ2n) is 4.50. The number of rotatable bonds is 7. The maximum absolute atomic E-state index is 10.9. The highest BCUT2D eigenvalue weighted by Crippen LogP contribution is 2.10. The molecule has 9 nitrogen and oxygen atoms in total. The van der Waals surface area contributed by atoms with Gasteiger partial charge in [0, 0.05) is 31.4 Å². The van der Waals surface area contributed by atoms with Crippen molar-refractivity contribution in [1.82, 2.24) is 24.5 Å². The number of nitrogens with two attached hydrogens (primary N) is 1. The molecule has 0 saturated heterocycles. The molecule has 0 saturated carbocycles. The average molecular weight is 290 g/mol. The molecule has 0 radical (unpaired) electrons. The van der Waals surface area contributed by atoms with Gasteiger partial charge in [-0.25, -0.2) is 4.98 Å². The summed E-state index contributed by atoms with van der Waals surface area (Å²) in [6.07, 6.45) is 5.17. The molecule has 2 aromatic rings. The monoisotopic (exact) mass is 290 g/mol. The third-order valence-corrected chi connectivity index (χ3v) is 2.58. The SMILES string of the molecule is CCNc1nc(NC(C)CC(N)=O)nc(-n2ccnc2)n1. The van der Waals surface area contributed by atoms with E-state index in [0.717, 1.165) is 0 Å². The van der Waals surface area contributed by atoms with E-state index in [0.29, 0.717) is 24.4 Å². The first-order chi connectivity index (χ1) is 10.1. The number of anilines is 2. The molecular weight excluding hydrogens is 272 g/mol. The van der Waals surface area contributed by atoms with Crippen molar-refractivity contribution in [3.8, 4) is 5.95 Å². The molecule has 2 rings (SSSR count). The Morgan fingerprint density at radius 1 is 1.38 bits per heavy atom. The molecule has 2 heterocycles. The van der Waals surface area contributed by atoms with Crippen LogP contribution < -0.4 is 16.4 Å². The highest BCUT2D eigenvalue weighted by Gasteiger charge is 2.11. The normalized spacial score (nSPS) is 11.9. The maximum atomic E-state index is 10.9. The van der Waals surface area contributed by atoms with Crippen molar-refractivity contribution in [2.45, 2.75) is 26.3 Å². The quantitative estimate of drug-likeness (QED) is 0.663. The molecule has 0 aliphatic rings. The first kappa shape index (κ1) is 14.7. The molecule has 0 aliphatic heterocycles. The molecule has 9 heteroatoms. The standard InChI is InChI=1S/C12H18N8O/c1-3-15-10-17-11(16-8(2)6-9(13)21)19-12(18-10)20-5-4-14-7-20/h4-5,7-8H,3,6H2,1-2H3,(H2,13,21)(H2,15,16,17,18,19). The number of carbonyl (C=O) groups is 1. The Labute approximate surface area is 122 Å². The highest BCUT2D eigenvalue weighted by atomic mass is 16.1. The van der Waals surface area contributed by atoms with E-state index in [4.69, 9.17) is 5.73 Å². The lowest BCUT2D eigenvalue weighted by Crippen LogP contribution is -2.25. The number of nitrogens with zero attached hydrogens (tertiary/aromatic N) is 5. The molecule has 4 N–H and O–H groups in total. The molecule has 0 fully saturated rings. The summed E-state index contributed by atoms with van der Waals surface area (Å²) in [6, 6.07) is -0.171.